The molecule has 0 unspecified atom stereocenters. The summed E-state index contributed by atoms with van der Waals surface area (Å²) in [6.45, 7) is 12.4. The summed E-state index contributed by atoms with van der Waals surface area (Å²) in [7, 11) is 1.06. The summed E-state index contributed by atoms with van der Waals surface area (Å²) in [5.74, 6) is -6.82. The fourth-order valence-electron chi connectivity index (χ4n) is 7.53. The summed E-state index contributed by atoms with van der Waals surface area (Å²) in [4.78, 5) is 81.6. The minimum atomic E-state index is -5.16. The highest BCUT2D eigenvalue weighted by atomic mass is 32.2. The standard InChI is InChI=1S/C39H61F3N6O11S/c1-12-23(6)32(46(8)36(52)30(21(2)3)44-35(51)31(22(4)5)47(9)38(54)55)28(58-10)20-29(49)48-19-13-14-27(48)33(59-11)24(7)34(50)45-60(56,57)26-17-15-25(16-18-26)43-37(53)39(40,41)42/h15-18,21-24,27-28,30-33H,12-14,19-20H2,1-11H3,(H,43,53)(H,44,51)(H,45,50)(H,54,55)/t23-,24+,27-,28+,30-,31-,32-,33+/m0/s1. The molecule has 0 aliphatic carbocycles. The summed E-state index contributed by atoms with van der Waals surface area (Å²) in [5.41, 5.74) is -0.322. The van der Waals surface area contributed by atoms with Crippen molar-refractivity contribution in [1.82, 2.24) is 24.7 Å². The third kappa shape index (κ3) is 13.0. The molecule has 0 aromatic heterocycles. The molecule has 1 aliphatic rings. The molecule has 1 fully saturated rings. The largest absolute Gasteiger partial charge is 0.471 e. The van der Waals surface area contributed by atoms with Crippen LogP contribution in [0.15, 0.2) is 29.2 Å². The van der Waals surface area contributed by atoms with E-state index < -0.39 is 105 Å². The number of carbonyl (C=O) groups excluding carboxylic acids is 5. The Labute approximate surface area is 350 Å². The lowest BCUT2D eigenvalue weighted by molar-refractivity contribution is -0.167. The van der Waals surface area contributed by atoms with Crippen LogP contribution in [0.4, 0.5) is 23.7 Å². The summed E-state index contributed by atoms with van der Waals surface area (Å²) < 4.78 is 77.6. The number of sulfonamides is 1. The number of ether oxygens (including phenoxy) is 2. The quantitative estimate of drug-likeness (QED) is 0.148. The highest BCUT2D eigenvalue weighted by Crippen LogP contribution is 2.30. The number of nitrogens with zero attached hydrogens (tertiary/aromatic N) is 3. The Balaban J connectivity index is 2.29. The number of likely N-dealkylation sites (tertiary alicyclic amines) is 1. The van der Waals surface area contributed by atoms with Crippen molar-refractivity contribution >= 4 is 51.3 Å². The van der Waals surface area contributed by atoms with E-state index in [1.165, 1.54) is 33.1 Å². The zero-order valence-electron chi connectivity index (χ0n) is 36.0. The number of nitrogens with one attached hydrogen (secondary N) is 3. The van der Waals surface area contributed by atoms with Crippen molar-refractivity contribution in [3.8, 4) is 0 Å². The highest BCUT2D eigenvalue weighted by molar-refractivity contribution is 7.90. The number of carbonyl (C=O) groups is 6. The molecule has 60 heavy (non-hydrogen) atoms. The third-order valence-electron chi connectivity index (χ3n) is 11.0. The number of hydrogen-bond acceptors (Lipinski definition) is 10. The van der Waals surface area contributed by atoms with Gasteiger partial charge in [0.2, 0.25) is 23.6 Å². The topological polar surface area (TPSA) is 221 Å². The van der Waals surface area contributed by atoms with Gasteiger partial charge in [0.1, 0.15) is 12.1 Å². The Hall–Kier alpha value is -4.50. The van der Waals surface area contributed by atoms with Crippen LogP contribution in [-0.2, 0) is 43.5 Å². The molecule has 6 amide bonds. The number of alkyl halides is 3. The Morgan fingerprint density at radius 2 is 1.50 bits per heavy atom. The van der Waals surface area contributed by atoms with Gasteiger partial charge in [0, 0.05) is 40.5 Å². The zero-order valence-corrected chi connectivity index (χ0v) is 36.8. The van der Waals surface area contributed by atoms with Crippen LogP contribution >= 0.6 is 0 Å². The molecular formula is C39H61F3N6O11S. The van der Waals surface area contributed by atoms with Gasteiger partial charge >= 0.3 is 18.2 Å². The predicted molar refractivity (Wildman–Crippen MR) is 214 cm³/mol. The van der Waals surface area contributed by atoms with Gasteiger partial charge in [-0.05, 0) is 54.9 Å². The van der Waals surface area contributed by atoms with Gasteiger partial charge in [-0.1, -0.05) is 54.9 Å². The molecule has 2 rings (SSSR count). The number of anilines is 1. The average Bonchev–Trinajstić information content (AvgIpc) is 3.65. The van der Waals surface area contributed by atoms with Crippen molar-refractivity contribution in [3.63, 3.8) is 0 Å². The summed E-state index contributed by atoms with van der Waals surface area (Å²) in [6, 6.07) is 0.272. The molecule has 21 heteroatoms. The molecule has 340 valence electrons. The summed E-state index contributed by atoms with van der Waals surface area (Å²) in [6.07, 6.45) is -6.94. The van der Waals surface area contributed by atoms with Gasteiger partial charge < -0.3 is 35.0 Å². The second kappa shape index (κ2) is 21.8. The van der Waals surface area contributed by atoms with Crippen molar-refractivity contribution < 1.29 is 64.9 Å². The number of halogens is 3. The Kier molecular flexibility index (Phi) is 18.8. The predicted octanol–water partition coefficient (Wildman–Crippen LogP) is 3.69. The number of rotatable bonds is 20. The number of benzene rings is 1. The second-order valence-electron chi connectivity index (χ2n) is 15.8. The van der Waals surface area contributed by atoms with Crippen molar-refractivity contribution in [3.05, 3.63) is 24.3 Å². The first-order valence-corrected chi connectivity index (χ1v) is 21.2. The maximum absolute atomic E-state index is 14.2. The fourth-order valence-corrected chi connectivity index (χ4v) is 8.59. The van der Waals surface area contributed by atoms with Crippen LogP contribution in [-0.4, -0.2) is 141 Å². The van der Waals surface area contributed by atoms with E-state index in [2.05, 4.69) is 5.32 Å². The number of likely N-dealkylation sites (N-methyl/N-ethyl adjacent to an activating group) is 2. The molecule has 1 aromatic carbocycles. The maximum Gasteiger partial charge on any atom is 0.471 e. The first-order valence-electron chi connectivity index (χ1n) is 19.7. The van der Waals surface area contributed by atoms with Crippen LogP contribution in [0.3, 0.4) is 0 Å². The Morgan fingerprint density at radius 1 is 0.917 bits per heavy atom. The number of methoxy groups -OCH3 is 2. The van der Waals surface area contributed by atoms with Crippen LogP contribution in [0.1, 0.15) is 74.1 Å². The van der Waals surface area contributed by atoms with Gasteiger partial charge in [0.15, 0.2) is 0 Å². The highest BCUT2D eigenvalue weighted by Gasteiger charge is 2.44. The first-order chi connectivity index (χ1) is 27.7. The van der Waals surface area contributed by atoms with Gasteiger partial charge in [-0.15, -0.1) is 0 Å². The molecule has 1 aliphatic heterocycles. The molecule has 17 nitrogen and oxygen atoms in total. The Bertz CT molecular complexity index is 1780. The zero-order chi connectivity index (χ0) is 46.0. The van der Waals surface area contributed by atoms with Crippen molar-refractivity contribution in [2.45, 2.75) is 122 Å². The molecule has 1 aromatic rings. The van der Waals surface area contributed by atoms with E-state index in [1.807, 2.05) is 18.6 Å². The van der Waals surface area contributed by atoms with E-state index in [4.69, 9.17) is 9.47 Å². The monoisotopic (exact) mass is 878 g/mol. The minimum absolute atomic E-state index is 0.192. The van der Waals surface area contributed by atoms with E-state index >= 15 is 0 Å². The van der Waals surface area contributed by atoms with Gasteiger partial charge in [0.25, 0.3) is 10.0 Å². The second-order valence-corrected chi connectivity index (χ2v) is 17.5. The third-order valence-corrected chi connectivity index (χ3v) is 12.4. The van der Waals surface area contributed by atoms with Gasteiger partial charge in [-0.25, -0.2) is 17.9 Å². The number of amides is 6. The SMILES string of the molecule is CC[C@H](C)[C@@H]([C@@H](CC(=O)N1CCC[C@H]1[C@H](OC)[C@@H](C)C(=O)NS(=O)(=O)c1ccc(NC(=O)C(F)(F)F)cc1)OC)N(C)C(=O)[C@@H](NC(=O)[C@H](C(C)C)N(C)C(=O)O)C(C)C. The van der Waals surface area contributed by atoms with Gasteiger partial charge in [-0.3, -0.25) is 28.9 Å². The van der Waals surface area contributed by atoms with Crippen molar-refractivity contribution in [2.75, 3.05) is 40.2 Å². The van der Waals surface area contributed by atoms with E-state index in [1.54, 1.807) is 45.0 Å². The van der Waals surface area contributed by atoms with E-state index in [0.717, 1.165) is 29.2 Å². The molecule has 4 N–H and O–H groups in total. The summed E-state index contributed by atoms with van der Waals surface area (Å²) >= 11 is 0. The van der Waals surface area contributed by atoms with E-state index in [0.29, 0.717) is 19.3 Å². The smallest absolute Gasteiger partial charge is 0.465 e. The fraction of sp³-hybridized carbons (Fsp3) is 0.692. The van der Waals surface area contributed by atoms with Crippen LogP contribution < -0.4 is 15.4 Å². The van der Waals surface area contributed by atoms with E-state index in [9.17, 15) is 55.5 Å². The molecular weight excluding hydrogens is 818 g/mol. The van der Waals surface area contributed by atoms with Crippen LogP contribution in [0.2, 0.25) is 0 Å². The van der Waals surface area contributed by atoms with Crippen molar-refractivity contribution in [1.29, 1.82) is 0 Å². The van der Waals surface area contributed by atoms with Crippen LogP contribution in [0, 0.1) is 23.7 Å². The normalized spacial score (nSPS) is 18.1. The number of hydrogen-bond donors (Lipinski definition) is 4. The molecule has 0 bridgehead atoms. The first kappa shape index (κ1) is 51.6. The average molecular weight is 879 g/mol. The molecule has 1 saturated heterocycles. The lowest BCUT2D eigenvalue weighted by atomic mass is 9.89. The molecule has 8 atom stereocenters. The molecule has 1 heterocycles. The van der Waals surface area contributed by atoms with E-state index in [-0.39, 0.29) is 30.5 Å². The van der Waals surface area contributed by atoms with Crippen LogP contribution in [0.5, 0.6) is 0 Å². The van der Waals surface area contributed by atoms with Gasteiger partial charge in [0.05, 0.1) is 41.5 Å². The van der Waals surface area contributed by atoms with Crippen molar-refractivity contribution in [2.24, 2.45) is 23.7 Å². The summed E-state index contributed by atoms with van der Waals surface area (Å²) in [5, 5.41) is 13.9. The maximum atomic E-state index is 14.2. The lowest BCUT2D eigenvalue weighted by Gasteiger charge is -2.41. The van der Waals surface area contributed by atoms with Crippen LogP contribution in [0.25, 0.3) is 0 Å². The van der Waals surface area contributed by atoms with Gasteiger partial charge in [-0.2, -0.15) is 13.2 Å². The molecule has 0 saturated carbocycles. The number of carboxylic acid groups (broad SMARTS) is 1. The Morgan fingerprint density at radius 3 is 1.97 bits per heavy atom. The lowest BCUT2D eigenvalue weighted by Crippen LogP contribution is -2.60. The molecule has 0 spiro atoms. The minimum Gasteiger partial charge on any atom is -0.465 e. The molecule has 0 radical (unpaired) electrons.